The highest BCUT2D eigenvalue weighted by molar-refractivity contribution is 9.10. The average molecular weight is 474 g/mol. The van der Waals surface area contributed by atoms with Crippen molar-refractivity contribution in [2.24, 2.45) is 0 Å². The standard InChI is InChI=1S/C26H20BrNO3/c27-24-17-20(19-7-3-1-4-8-19)11-16-25(24)30-18-26(29)28-21-12-14-23(15-13-21)31-22-9-5-2-6-10-22/h1-17H,18H2,(H,28,29). The molecule has 4 rings (SSSR count). The summed E-state index contributed by atoms with van der Waals surface area (Å²) in [5.41, 5.74) is 2.86. The number of ether oxygens (including phenoxy) is 2. The fourth-order valence-electron chi connectivity index (χ4n) is 3.00. The maximum atomic E-state index is 12.3. The third-order valence-corrected chi connectivity index (χ3v) is 5.13. The minimum Gasteiger partial charge on any atom is -0.483 e. The summed E-state index contributed by atoms with van der Waals surface area (Å²) in [4.78, 5) is 12.3. The van der Waals surface area contributed by atoms with Gasteiger partial charge in [-0.05, 0) is 75.6 Å². The number of carbonyl (C=O) groups excluding carboxylic acids is 1. The number of hydrogen-bond acceptors (Lipinski definition) is 3. The normalized spacial score (nSPS) is 10.4. The Bertz CT molecular complexity index is 1150. The van der Waals surface area contributed by atoms with Crippen LogP contribution < -0.4 is 14.8 Å². The Balaban J connectivity index is 1.31. The number of halogens is 1. The van der Waals surface area contributed by atoms with Crippen molar-refractivity contribution in [2.45, 2.75) is 0 Å². The van der Waals surface area contributed by atoms with Gasteiger partial charge in [-0.15, -0.1) is 0 Å². The molecular weight excluding hydrogens is 454 g/mol. The molecule has 0 heterocycles. The van der Waals surface area contributed by atoms with Gasteiger partial charge in [0, 0.05) is 5.69 Å². The fourth-order valence-corrected chi connectivity index (χ4v) is 3.49. The second kappa shape index (κ2) is 9.96. The van der Waals surface area contributed by atoms with Crippen LogP contribution in [0.5, 0.6) is 17.2 Å². The van der Waals surface area contributed by atoms with Crippen molar-refractivity contribution in [3.05, 3.63) is 108 Å². The minimum absolute atomic E-state index is 0.0917. The molecule has 0 aliphatic rings. The predicted octanol–water partition coefficient (Wildman–Crippen LogP) is 6.93. The quantitative estimate of drug-likeness (QED) is 0.316. The van der Waals surface area contributed by atoms with Crippen LogP contribution in [0.1, 0.15) is 0 Å². The van der Waals surface area contributed by atoms with E-state index in [1.807, 2.05) is 91.0 Å². The van der Waals surface area contributed by atoms with E-state index in [1.165, 1.54) is 0 Å². The van der Waals surface area contributed by atoms with E-state index >= 15 is 0 Å². The van der Waals surface area contributed by atoms with Crippen LogP contribution in [0.3, 0.4) is 0 Å². The first-order valence-corrected chi connectivity index (χ1v) is 10.6. The highest BCUT2D eigenvalue weighted by Gasteiger charge is 2.08. The Morgan fingerprint density at radius 1 is 0.742 bits per heavy atom. The number of carbonyl (C=O) groups is 1. The molecule has 0 saturated heterocycles. The minimum atomic E-state index is -0.240. The molecule has 0 atom stereocenters. The molecule has 0 radical (unpaired) electrons. The van der Waals surface area contributed by atoms with E-state index in [-0.39, 0.29) is 12.5 Å². The lowest BCUT2D eigenvalue weighted by atomic mass is 10.1. The maximum absolute atomic E-state index is 12.3. The van der Waals surface area contributed by atoms with E-state index < -0.39 is 0 Å². The van der Waals surface area contributed by atoms with E-state index in [1.54, 1.807) is 12.1 Å². The van der Waals surface area contributed by atoms with Crippen LogP contribution in [-0.2, 0) is 4.79 Å². The molecule has 4 aromatic carbocycles. The van der Waals surface area contributed by atoms with Gasteiger partial charge in [0.1, 0.15) is 17.2 Å². The van der Waals surface area contributed by atoms with Gasteiger partial charge >= 0.3 is 0 Å². The zero-order chi connectivity index (χ0) is 21.5. The Labute approximate surface area is 189 Å². The second-order valence-electron chi connectivity index (χ2n) is 6.79. The molecule has 0 aliphatic carbocycles. The van der Waals surface area contributed by atoms with Crippen molar-refractivity contribution in [1.82, 2.24) is 0 Å². The summed E-state index contributed by atoms with van der Waals surface area (Å²) in [7, 11) is 0. The molecule has 154 valence electrons. The van der Waals surface area contributed by atoms with Crippen LogP contribution in [0.15, 0.2) is 108 Å². The summed E-state index contributed by atoms with van der Waals surface area (Å²) in [6, 6.07) is 32.6. The first-order chi connectivity index (χ1) is 15.2. The van der Waals surface area contributed by atoms with Crippen LogP contribution in [-0.4, -0.2) is 12.5 Å². The van der Waals surface area contributed by atoms with E-state index in [4.69, 9.17) is 9.47 Å². The van der Waals surface area contributed by atoms with Crippen LogP contribution >= 0.6 is 15.9 Å². The van der Waals surface area contributed by atoms with Crippen molar-refractivity contribution in [3.63, 3.8) is 0 Å². The molecule has 0 fully saturated rings. The fraction of sp³-hybridized carbons (Fsp3) is 0.0385. The number of rotatable bonds is 7. The Hall–Kier alpha value is -3.57. The third kappa shape index (κ3) is 5.74. The lowest BCUT2D eigenvalue weighted by molar-refractivity contribution is -0.118. The smallest absolute Gasteiger partial charge is 0.262 e. The van der Waals surface area contributed by atoms with Crippen molar-refractivity contribution < 1.29 is 14.3 Å². The van der Waals surface area contributed by atoms with Crippen molar-refractivity contribution in [1.29, 1.82) is 0 Å². The number of benzene rings is 4. The molecule has 0 bridgehead atoms. The number of amides is 1. The monoisotopic (exact) mass is 473 g/mol. The zero-order valence-corrected chi connectivity index (χ0v) is 18.2. The molecule has 0 aliphatic heterocycles. The van der Waals surface area contributed by atoms with E-state index in [2.05, 4.69) is 21.2 Å². The summed E-state index contributed by atoms with van der Waals surface area (Å²) in [6.45, 7) is -0.0917. The van der Waals surface area contributed by atoms with Gasteiger partial charge in [0.25, 0.3) is 5.91 Å². The van der Waals surface area contributed by atoms with Crippen molar-refractivity contribution in [3.8, 4) is 28.4 Å². The molecule has 4 aromatic rings. The van der Waals surface area contributed by atoms with Crippen LogP contribution in [0.25, 0.3) is 11.1 Å². The molecule has 0 aromatic heterocycles. The molecule has 0 spiro atoms. The number of hydrogen-bond donors (Lipinski definition) is 1. The summed E-state index contributed by atoms with van der Waals surface area (Å²) in [6.07, 6.45) is 0. The lowest BCUT2D eigenvalue weighted by Crippen LogP contribution is -2.20. The highest BCUT2D eigenvalue weighted by atomic mass is 79.9. The molecule has 0 saturated carbocycles. The van der Waals surface area contributed by atoms with Gasteiger partial charge in [0.2, 0.25) is 0 Å². The van der Waals surface area contributed by atoms with Gasteiger partial charge < -0.3 is 14.8 Å². The average Bonchev–Trinajstić information content (AvgIpc) is 2.81. The number of anilines is 1. The van der Waals surface area contributed by atoms with Gasteiger partial charge in [-0.2, -0.15) is 0 Å². The summed E-state index contributed by atoms with van der Waals surface area (Å²) in [5.74, 6) is 1.83. The van der Waals surface area contributed by atoms with Crippen molar-refractivity contribution in [2.75, 3.05) is 11.9 Å². The largest absolute Gasteiger partial charge is 0.483 e. The first kappa shape index (κ1) is 20.7. The Morgan fingerprint density at radius 3 is 2.06 bits per heavy atom. The molecule has 4 nitrogen and oxygen atoms in total. The molecule has 1 N–H and O–H groups in total. The van der Waals surface area contributed by atoms with Gasteiger partial charge in [0.05, 0.1) is 4.47 Å². The molecule has 5 heteroatoms. The third-order valence-electron chi connectivity index (χ3n) is 4.51. The van der Waals surface area contributed by atoms with Crippen LogP contribution in [0.2, 0.25) is 0 Å². The lowest BCUT2D eigenvalue weighted by Gasteiger charge is -2.11. The van der Waals surface area contributed by atoms with Gasteiger partial charge in [-0.3, -0.25) is 4.79 Å². The van der Waals surface area contributed by atoms with Crippen LogP contribution in [0, 0.1) is 0 Å². The van der Waals surface area contributed by atoms with E-state index in [0.717, 1.165) is 21.3 Å². The second-order valence-corrected chi connectivity index (χ2v) is 7.64. The number of nitrogens with one attached hydrogen (secondary N) is 1. The van der Waals surface area contributed by atoms with Gasteiger partial charge in [0.15, 0.2) is 6.61 Å². The number of para-hydroxylation sites is 1. The summed E-state index contributed by atoms with van der Waals surface area (Å²) >= 11 is 3.53. The molecular formula is C26H20BrNO3. The molecule has 0 unspecified atom stereocenters. The SMILES string of the molecule is O=C(COc1ccc(-c2ccccc2)cc1Br)Nc1ccc(Oc2ccccc2)cc1. The summed E-state index contributed by atoms with van der Waals surface area (Å²) in [5, 5.41) is 2.83. The predicted molar refractivity (Wildman–Crippen MR) is 127 cm³/mol. The van der Waals surface area contributed by atoms with E-state index in [0.29, 0.717) is 17.2 Å². The Morgan fingerprint density at radius 2 is 1.39 bits per heavy atom. The highest BCUT2D eigenvalue weighted by Crippen LogP contribution is 2.30. The maximum Gasteiger partial charge on any atom is 0.262 e. The van der Waals surface area contributed by atoms with Crippen molar-refractivity contribution >= 4 is 27.5 Å². The first-order valence-electron chi connectivity index (χ1n) is 9.78. The molecule has 31 heavy (non-hydrogen) atoms. The van der Waals surface area contributed by atoms with Gasteiger partial charge in [-0.1, -0.05) is 54.6 Å². The summed E-state index contributed by atoms with van der Waals surface area (Å²) < 4.78 is 12.2. The Kier molecular flexibility index (Phi) is 6.65. The molecule has 1 amide bonds. The van der Waals surface area contributed by atoms with Gasteiger partial charge in [-0.25, -0.2) is 0 Å². The zero-order valence-electron chi connectivity index (χ0n) is 16.6. The van der Waals surface area contributed by atoms with E-state index in [9.17, 15) is 4.79 Å². The van der Waals surface area contributed by atoms with Crippen LogP contribution in [0.4, 0.5) is 5.69 Å². The topological polar surface area (TPSA) is 47.6 Å².